The fourth-order valence-electron chi connectivity index (χ4n) is 1.46. The molecule has 100 valence electrons. The molecule has 19 heavy (non-hydrogen) atoms. The molecule has 0 bridgehead atoms. The third-order valence-corrected chi connectivity index (χ3v) is 3.65. The van der Waals surface area contributed by atoms with Gasteiger partial charge in [0.2, 0.25) is 0 Å². The van der Waals surface area contributed by atoms with Crippen LogP contribution in [0.1, 0.15) is 0 Å². The molecule has 1 heterocycles. The van der Waals surface area contributed by atoms with Gasteiger partial charge in [-0.1, -0.05) is 33.9 Å². The number of benzene rings is 1. The quantitative estimate of drug-likeness (QED) is 0.744. The van der Waals surface area contributed by atoms with E-state index in [1.165, 1.54) is 0 Å². The number of rotatable bonds is 2. The molecule has 0 fully saturated rings. The molecule has 0 aliphatic carbocycles. The molecule has 0 atom stereocenters. The van der Waals surface area contributed by atoms with Crippen molar-refractivity contribution in [2.24, 2.45) is 4.36 Å². The van der Waals surface area contributed by atoms with Crippen molar-refractivity contribution in [1.82, 2.24) is 9.97 Å². The second-order valence-electron chi connectivity index (χ2n) is 3.85. The lowest BCUT2D eigenvalue weighted by Gasteiger charge is -2.07. The molecule has 0 saturated heterocycles. The lowest BCUT2D eigenvalue weighted by atomic mass is 10.1. The maximum absolute atomic E-state index is 6.22. The first kappa shape index (κ1) is 14.9. The Morgan fingerprint density at radius 3 is 2.63 bits per heavy atom. The summed E-state index contributed by atoms with van der Waals surface area (Å²) >= 11 is 15.4. The topological polar surface area (TPSA) is 38.1 Å². The minimum Gasteiger partial charge on any atom is -0.235 e. The van der Waals surface area contributed by atoms with Gasteiger partial charge in [-0.25, -0.2) is 14.3 Å². The van der Waals surface area contributed by atoms with Crippen molar-refractivity contribution in [2.75, 3.05) is 12.5 Å². The zero-order valence-corrected chi connectivity index (χ0v) is 14.1. The summed E-state index contributed by atoms with van der Waals surface area (Å²) in [6.07, 6.45) is 5.65. The number of hydrogen-bond acceptors (Lipinski definition) is 3. The van der Waals surface area contributed by atoms with Crippen LogP contribution < -0.4 is 0 Å². The molecule has 0 amide bonds. The fourth-order valence-corrected chi connectivity index (χ4v) is 2.72. The lowest BCUT2D eigenvalue weighted by molar-refractivity contribution is 1.16. The van der Waals surface area contributed by atoms with Crippen molar-refractivity contribution < 1.29 is 0 Å². The van der Waals surface area contributed by atoms with Gasteiger partial charge in [0.05, 0.1) is 11.2 Å². The van der Waals surface area contributed by atoms with E-state index >= 15 is 0 Å². The van der Waals surface area contributed by atoms with E-state index < -0.39 is 0 Å². The Hall–Kier alpha value is -0.490. The second-order valence-corrected chi connectivity index (χ2v) is 7.24. The summed E-state index contributed by atoms with van der Waals surface area (Å²) in [5, 5.41) is 1.12. The smallest absolute Gasteiger partial charge is 0.185 e. The van der Waals surface area contributed by atoms with Crippen LogP contribution in [0.15, 0.2) is 33.4 Å². The van der Waals surface area contributed by atoms with Crippen LogP contribution in [0.2, 0.25) is 10.0 Å². The normalized spacial score (nSPS) is 10.8. The summed E-state index contributed by atoms with van der Waals surface area (Å²) in [4.78, 5) is 8.72. The molecule has 1 aromatic heterocycles. The molecular weight excluding hydrogens is 369 g/mol. The van der Waals surface area contributed by atoms with E-state index in [2.05, 4.69) is 30.3 Å². The zero-order valence-electron chi connectivity index (χ0n) is 10.2. The van der Waals surface area contributed by atoms with Gasteiger partial charge >= 0.3 is 0 Å². The summed E-state index contributed by atoms with van der Waals surface area (Å²) in [5.74, 6) is 0.584. The van der Waals surface area contributed by atoms with E-state index in [-0.39, 0.29) is 10.7 Å². The predicted molar refractivity (Wildman–Crippen MR) is 86.5 cm³/mol. The van der Waals surface area contributed by atoms with Gasteiger partial charge in [-0.15, -0.1) is 0 Å². The van der Waals surface area contributed by atoms with Gasteiger partial charge in [0, 0.05) is 10.6 Å². The highest BCUT2D eigenvalue weighted by molar-refractivity contribution is 9.10. The van der Waals surface area contributed by atoms with Crippen molar-refractivity contribution in [1.29, 1.82) is 0 Å². The third-order valence-electron chi connectivity index (χ3n) is 2.18. The molecule has 0 spiro atoms. The van der Waals surface area contributed by atoms with Crippen LogP contribution in [-0.4, -0.2) is 22.5 Å². The van der Waals surface area contributed by atoms with Crippen LogP contribution in [0.25, 0.3) is 11.3 Å². The Bertz CT molecular complexity index is 657. The van der Waals surface area contributed by atoms with E-state index in [1.54, 1.807) is 18.3 Å². The maximum Gasteiger partial charge on any atom is 0.185 e. The fraction of sp³-hybridized carbons (Fsp3) is 0.167. The Labute approximate surface area is 132 Å². The number of nitrogens with zero attached hydrogens (tertiary/aromatic N) is 3. The van der Waals surface area contributed by atoms with Gasteiger partial charge in [0.25, 0.3) is 0 Å². The first-order valence-electron chi connectivity index (χ1n) is 5.25. The molecule has 0 aliphatic heterocycles. The van der Waals surface area contributed by atoms with Crippen molar-refractivity contribution in [2.45, 2.75) is 0 Å². The van der Waals surface area contributed by atoms with Crippen LogP contribution in [-0.2, 0) is 10.7 Å². The summed E-state index contributed by atoms with van der Waals surface area (Å²) in [6, 6.07) is 5.28. The van der Waals surface area contributed by atoms with E-state index in [4.69, 9.17) is 23.2 Å². The minimum absolute atomic E-state index is 0.130. The summed E-state index contributed by atoms with van der Waals surface area (Å²) in [6.45, 7) is 0. The molecule has 0 saturated carbocycles. The molecule has 0 N–H and O–H groups in total. The highest BCUT2D eigenvalue weighted by atomic mass is 79.9. The minimum atomic E-state index is -0.130. The molecule has 0 unspecified atom stereocenters. The molecule has 0 aliphatic rings. The van der Waals surface area contributed by atoms with Crippen molar-refractivity contribution in [3.05, 3.63) is 39.0 Å². The van der Waals surface area contributed by atoms with Crippen molar-refractivity contribution >= 4 is 55.6 Å². The molecule has 1 aromatic carbocycles. The van der Waals surface area contributed by atoms with E-state index in [9.17, 15) is 0 Å². The number of aromatic nitrogens is 2. The first-order chi connectivity index (χ1) is 8.97. The average molecular weight is 379 g/mol. The van der Waals surface area contributed by atoms with Crippen LogP contribution in [0.4, 0.5) is 5.82 Å². The molecule has 2 aromatic rings. The highest BCUT2D eigenvalue weighted by Crippen LogP contribution is 2.34. The third kappa shape index (κ3) is 3.75. The number of halogens is 3. The standard InChI is InChI=1S/C12H10BrCl2N3S/c1-19(2)18-12-11(17-10(13)6-16-12)8-4-3-7(14)5-9(8)15/h3-6H,1-2H3. The monoisotopic (exact) mass is 377 g/mol. The Kier molecular flexibility index (Phi) is 4.95. The van der Waals surface area contributed by atoms with E-state index in [1.807, 2.05) is 18.6 Å². The molecule has 7 heteroatoms. The lowest BCUT2D eigenvalue weighted by Crippen LogP contribution is -1.91. The summed E-state index contributed by atoms with van der Waals surface area (Å²) in [5.41, 5.74) is 1.42. The molecule has 2 rings (SSSR count). The van der Waals surface area contributed by atoms with Gasteiger partial charge in [0.1, 0.15) is 10.3 Å². The van der Waals surface area contributed by atoms with Gasteiger partial charge in [-0.05, 0) is 46.6 Å². The average Bonchev–Trinajstić information content (AvgIpc) is 2.31. The Morgan fingerprint density at radius 1 is 1.26 bits per heavy atom. The van der Waals surface area contributed by atoms with Gasteiger partial charge < -0.3 is 0 Å². The summed E-state index contributed by atoms with van der Waals surface area (Å²) in [7, 11) is -0.130. The van der Waals surface area contributed by atoms with E-state index in [0.717, 1.165) is 5.56 Å². The van der Waals surface area contributed by atoms with E-state index in [0.29, 0.717) is 26.2 Å². The molecule has 3 nitrogen and oxygen atoms in total. The van der Waals surface area contributed by atoms with Crippen molar-refractivity contribution in [3.63, 3.8) is 0 Å². The van der Waals surface area contributed by atoms with Crippen LogP contribution in [0.5, 0.6) is 0 Å². The molecular formula is C12H10BrCl2N3S. The van der Waals surface area contributed by atoms with Gasteiger partial charge in [0.15, 0.2) is 5.82 Å². The first-order valence-corrected chi connectivity index (χ1v) is 8.79. The second kappa shape index (κ2) is 6.31. The maximum atomic E-state index is 6.22. The largest absolute Gasteiger partial charge is 0.235 e. The van der Waals surface area contributed by atoms with Crippen LogP contribution >= 0.6 is 39.1 Å². The zero-order chi connectivity index (χ0) is 14.0. The Morgan fingerprint density at radius 2 is 2.00 bits per heavy atom. The number of hydrogen-bond donors (Lipinski definition) is 0. The van der Waals surface area contributed by atoms with Gasteiger partial charge in [-0.3, -0.25) is 0 Å². The highest BCUT2D eigenvalue weighted by Gasteiger charge is 2.12. The van der Waals surface area contributed by atoms with Crippen LogP contribution in [0.3, 0.4) is 0 Å². The van der Waals surface area contributed by atoms with Crippen LogP contribution in [0, 0.1) is 0 Å². The van der Waals surface area contributed by atoms with Crippen molar-refractivity contribution in [3.8, 4) is 11.3 Å². The molecule has 0 radical (unpaired) electrons. The SMILES string of the molecule is CS(C)=Nc1ncc(Br)nc1-c1ccc(Cl)cc1Cl. The summed E-state index contributed by atoms with van der Waals surface area (Å²) < 4.78 is 5.12. The predicted octanol–water partition coefficient (Wildman–Crippen LogP) is 4.91. The van der Waals surface area contributed by atoms with Gasteiger partial charge in [-0.2, -0.15) is 0 Å². The Balaban J connectivity index is 2.66.